The van der Waals surface area contributed by atoms with E-state index in [0.717, 1.165) is 6.42 Å². The SMILES string of the molecule is C=N/C=N\C=C(/C)CC(C)C. The van der Waals surface area contributed by atoms with Crippen LogP contribution < -0.4 is 0 Å². The lowest BCUT2D eigenvalue weighted by Gasteiger charge is -2.01. The molecule has 0 bridgehead atoms. The van der Waals surface area contributed by atoms with Gasteiger partial charge in [-0.1, -0.05) is 19.4 Å². The van der Waals surface area contributed by atoms with Crippen LogP contribution in [0.2, 0.25) is 0 Å². The molecule has 0 aromatic heterocycles. The second-order valence-corrected chi connectivity index (χ2v) is 3.02. The largest absolute Gasteiger partial charge is 0.253 e. The lowest BCUT2D eigenvalue weighted by molar-refractivity contribution is 0.641. The van der Waals surface area contributed by atoms with Gasteiger partial charge < -0.3 is 0 Å². The maximum absolute atomic E-state index is 3.93. The van der Waals surface area contributed by atoms with Gasteiger partial charge in [0.25, 0.3) is 0 Å². The van der Waals surface area contributed by atoms with Crippen molar-refractivity contribution >= 4 is 13.1 Å². The molecule has 2 heteroatoms. The van der Waals surface area contributed by atoms with Gasteiger partial charge in [0.15, 0.2) is 0 Å². The summed E-state index contributed by atoms with van der Waals surface area (Å²) in [4.78, 5) is 7.43. The van der Waals surface area contributed by atoms with Gasteiger partial charge in [0.2, 0.25) is 0 Å². The van der Waals surface area contributed by atoms with E-state index < -0.39 is 0 Å². The summed E-state index contributed by atoms with van der Waals surface area (Å²) in [6.07, 6.45) is 4.37. The molecular weight excluding hydrogens is 136 g/mol. The van der Waals surface area contributed by atoms with Crippen LogP contribution in [0.25, 0.3) is 0 Å². The maximum atomic E-state index is 3.93. The molecule has 0 aliphatic carbocycles. The van der Waals surface area contributed by atoms with Crippen molar-refractivity contribution in [2.24, 2.45) is 15.9 Å². The Labute approximate surface area is 68.8 Å². The highest BCUT2D eigenvalue weighted by atomic mass is 14.8. The van der Waals surface area contributed by atoms with E-state index in [0.29, 0.717) is 5.92 Å². The highest BCUT2D eigenvalue weighted by Gasteiger charge is 1.93. The molecule has 2 nitrogen and oxygen atoms in total. The fourth-order valence-corrected chi connectivity index (χ4v) is 0.904. The highest BCUT2D eigenvalue weighted by molar-refractivity contribution is 5.62. The molecule has 0 saturated heterocycles. The summed E-state index contributed by atoms with van der Waals surface area (Å²) in [7, 11) is 0. The minimum Gasteiger partial charge on any atom is -0.253 e. The van der Waals surface area contributed by atoms with E-state index in [2.05, 4.69) is 37.5 Å². The molecular formula is C9H16N2. The lowest BCUT2D eigenvalue weighted by Crippen LogP contribution is -1.86. The standard InChI is InChI=1S/C9H16N2/c1-8(2)5-9(3)6-11-7-10-4/h6-8H,4-5H2,1-3H3/b9-6+,11-7-. The summed E-state index contributed by atoms with van der Waals surface area (Å²) in [6, 6.07) is 0. The van der Waals surface area contributed by atoms with Crippen molar-refractivity contribution < 1.29 is 0 Å². The molecule has 0 amide bonds. The van der Waals surface area contributed by atoms with Crippen molar-refractivity contribution in [3.63, 3.8) is 0 Å². The first-order valence-electron chi connectivity index (χ1n) is 3.80. The lowest BCUT2D eigenvalue weighted by atomic mass is 10.1. The van der Waals surface area contributed by atoms with Crippen molar-refractivity contribution in [2.45, 2.75) is 27.2 Å². The molecule has 0 aliphatic heterocycles. The van der Waals surface area contributed by atoms with E-state index in [9.17, 15) is 0 Å². The molecule has 0 aliphatic rings. The Bertz CT molecular complexity index is 166. The average Bonchev–Trinajstić information content (AvgIpc) is 1.86. The first-order chi connectivity index (χ1) is 5.16. The quantitative estimate of drug-likeness (QED) is 0.437. The third kappa shape index (κ3) is 6.97. The first kappa shape index (κ1) is 10.1. The van der Waals surface area contributed by atoms with E-state index in [1.807, 2.05) is 6.20 Å². The molecule has 0 rings (SSSR count). The number of aliphatic imine (C=N–C) groups is 2. The normalized spacial score (nSPS) is 12.9. The van der Waals surface area contributed by atoms with Gasteiger partial charge in [-0.2, -0.15) is 0 Å². The van der Waals surface area contributed by atoms with E-state index in [-0.39, 0.29) is 0 Å². The maximum Gasteiger partial charge on any atom is 0.114 e. The molecule has 0 radical (unpaired) electrons. The van der Waals surface area contributed by atoms with E-state index in [1.165, 1.54) is 11.9 Å². The molecule has 0 unspecified atom stereocenters. The molecule has 0 spiro atoms. The minimum atomic E-state index is 0.693. The van der Waals surface area contributed by atoms with Crippen molar-refractivity contribution in [1.82, 2.24) is 0 Å². The van der Waals surface area contributed by atoms with E-state index in [4.69, 9.17) is 0 Å². The second-order valence-electron chi connectivity index (χ2n) is 3.02. The third-order valence-electron chi connectivity index (χ3n) is 1.17. The number of hydrogen-bond donors (Lipinski definition) is 0. The fourth-order valence-electron chi connectivity index (χ4n) is 0.904. The summed E-state index contributed by atoms with van der Waals surface area (Å²) >= 11 is 0. The Hall–Kier alpha value is -0.920. The Kier molecular flexibility index (Phi) is 5.35. The topological polar surface area (TPSA) is 24.7 Å². The van der Waals surface area contributed by atoms with Crippen LogP contribution in [0, 0.1) is 5.92 Å². The predicted molar refractivity (Wildman–Crippen MR) is 51.3 cm³/mol. The van der Waals surface area contributed by atoms with Crippen LogP contribution in [-0.4, -0.2) is 13.1 Å². The van der Waals surface area contributed by atoms with Gasteiger partial charge in [-0.3, -0.25) is 4.99 Å². The molecule has 0 heterocycles. The average molecular weight is 152 g/mol. The van der Waals surface area contributed by atoms with Crippen LogP contribution in [0.5, 0.6) is 0 Å². The summed E-state index contributed by atoms with van der Waals surface area (Å²) in [6.45, 7) is 9.73. The van der Waals surface area contributed by atoms with Crippen LogP contribution in [-0.2, 0) is 0 Å². The third-order valence-corrected chi connectivity index (χ3v) is 1.17. The van der Waals surface area contributed by atoms with Crippen LogP contribution in [0.1, 0.15) is 27.2 Å². The van der Waals surface area contributed by atoms with Crippen molar-refractivity contribution in [3.05, 3.63) is 11.8 Å². The number of allylic oxidation sites excluding steroid dienone is 1. The predicted octanol–water partition coefficient (Wildman–Crippen LogP) is 2.67. The smallest absolute Gasteiger partial charge is 0.114 e. The molecule has 0 aromatic rings. The van der Waals surface area contributed by atoms with Gasteiger partial charge in [-0.25, -0.2) is 4.99 Å². The summed E-state index contributed by atoms with van der Waals surface area (Å²) in [5.41, 5.74) is 1.28. The van der Waals surface area contributed by atoms with Crippen molar-refractivity contribution in [1.29, 1.82) is 0 Å². The van der Waals surface area contributed by atoms with Crippen LogP contribution in [0.4, 0.5) is 0 Å². The number of rotatable bonds is 4. The van der Waals surface area contributed by atoms with Gasteiger partial charge in [-0.05, 0) is 26.0 Å². The van der Waals surface area contributed by atoms with Crippen LogP contribution in [0.15, 0.2) is 21.8 Å². The molecule has 0 atom stereocenters. The zero-order valence-electron chi connectivity index (χ0n) is 7.54. The van der Waals surface area contributed by atoms with Gasteiger partial charge >= 0.3 is 0 Å². The number of hydrogen-bond acceptors (Lipinski definition) is 1. The van der Waals surface area contributed by atoms with Crippen LogP contribution in [0.3, 0.4) is 0 Å². The molecule has 0 saturated carbocycles. The Morgan fingerprint density at radius 3 is 2.64 bits per heavy atom. The van der Waals surface area contributed by atoms with Gasteiger partial charge in [-0.15, -0.1) is 0 Å². The van der Waals surface area contributed by atoms with E-state index in [1.54, 1.807) is 0 Å². The monoisotopic (exact) mass is 152 g/mol. The van der Waals surface area contributed by atoms with Gasteiger partial charge in [0, 0.05) is 6.20 Å². The van der Waals surface area contributed by atoms with Crippen molar-refractivity contribution in [2.75, 3.05) is 0 Å². The summed E-state index contributed by atoms with van der Waals surface area (Å²) < 4.78 is 0. The Morgan fingerprint density at radius 1 is 1.55 bits per heavy atom. The number of nitrogens with zero attached hydrogens (tertiary/aromatic N) is 2. The molecule has 11 heavy (non-hydrogen) atoms. The van der Waals surface area contributed by atoms with Gasteiger partial charge in [0.05, 0.1) is 0 Å². The zero-order chi connectivity index (χ0) is 8.69. The first-order valence-corrected chi connectivity index (χ1v) is 3.80. The summed E-state index contributed by atoms with van der Waals surface area (Å²) in [5.74, 6) is 0.693. The minimum absolute atomic E-state index is 0.693. The van der Waals surface area contributed by atoms with Crippen LogP contribution >= 0.6 is 0 Å². The molecule has 62 valence electrons. The molecule has 0 N–H and O–H groups in total. The fraction of sp³-hybridized carbons (Fsp3) is 0.556. The summed E-state index contributed by atoms with van der Waals surface area (Å²) in [5, 5.41) is 0. The van der Waals surface area contributed by atoms with Gasteiger partial charge in [0.1, 0.15) is 6.34 Å². The Balaban J connectivity index is 3.80. The zero-order valence-corrected chi connectivity index (χ0v) is 7.54. The van der Waals surface area contributed by atoms with Crippen molar-refractivity contribution in [3.8, 4) is 0 Å². The second kappa shape index (κ2) is 5.83. The molecule has 0 aromatic carbocycles. The highest BCUT2D eigenvalue weighted by Crippen LogP contribution is 2.08. The molecule has 0 fully saturated rings. The Morgan fingerprint density at radius 2 is 2.18 bits per heavy atom. The van der Waals surface area contributed by atoms with E-state index >= 15 is 0 Å².